The molecule has 1 aromatic rings. The van der Waals surface area contributed by atoms with E-state index in [4.69, 9.17) is 4.74 Å². The second-order valence-electron chi connectivity index (χ2n) is 2.98. The number of aromatic nitrogens is 2. The summed E-state index contributed by atoms with van der Waals surface area (Å²) in [6, 6.07) is 3.95. The third-order valence-corrected chi connectivity index (χ3v) is 2.02. The molecule has 0 aliphatic rings. The summed E-state index contributed by atoms with van der Waals surface area (Å²) in [6.45, 7) is 4.05. The third kappa shape index (κ3) is 2.99. The van der Waals surface area contributed by atoms with Crippen molar-refractivity contribution in [3.05, 3.63) is 18.3 Å². The highest BCUT2D eigenvalue weighted by Gasteiger charge is 2.10. The number of rotatable bonds is 4. The summed E-state index contributed by atoms with van der Waals surface area (Å²) >= 11 is 0. The van der Waals surface area contributed by atoms with E-state index in [-0.39, 0.29) is 12.1 Å². The van der Waals surface area contributed by atoms with Crippen molar-refractivity contribution in [1.29, 1.82) is 0 Å². The lowest BCUT2D eigenvalue weighted by atomic mass is 10.2. The van der Waals surface area contributed by atoms with Crippen LogP contribution in [0.3, 0.4) is 0 Å². The largest absolute Gasteiger partial charge is 0.380 e. The monoisotopic (exact) mass is 181 g/mol. The SMILES string of the molecule is COC(C)[C@@H](C)Nc1cccnn1. The van der Waals surface area contributed by atoms with Crippen LogP contribution in [0.4, 0.5) is 5.82 Å². The fourth-order valence-corrected chi connectivity index (χ4v) is 0.933. The predicted octanol–water partition coefficient (Wildman–Crippen LogP) is 1.31. The maximum atomic E-state index is 5.17. The van der Waals surface area contributed by atoms with Gasteiger partial charge in [0.2, 0.25) is 0 Å². The van der Waals surface area contributed by atoms with Gasteiger partial charge >= 0.3 is 0 Å². The molecule has 0 amide bonds. The Kier molecular flexibility index (Phi) is 3.64. The molecule has 0 bridgehead atoms. The van der Waals surface area contributed by atoms with Gasteiger partial charge < -0.3 is 10.1 Å². The average Bonchev–Trinajstić information content (AvgIpc) is 2.18. The van der Waals surface area contributed by atoms with Crippen LogP contribution in [0.25, 0.3) is 0 Å². The van der Waals surface area contributed by atoms with E-state index in [1.807, 2.05) is 26.0 Å². The number of methoxy groups -OCH3 is 1. The Morgan fingerprint density at radius 2 is 2.23 bits per heavy atom. The second-order valence-corrected chi connectivity index (χ2v) is 2.98. The Morgan fingerprint density at radius 1 is 1.46 bits per heavy atom. The molecule has 1 unspecified atom stereocenters. The Bertz CT molecular complexity index is 240. The minimum absolute atomic E-state index is 0.155. The quantitative estimate of drug-likeness (QED) is 0.760. The van der Waals surface area contributed by atoms with Gasteiger partial charge in [0.15, 0.2) is 0 Å². The van der Waals surface area contributed by atoms with Crippen molar-refractivity contribution < 1.29 is 4.74 Å². The van der Waals surface area contributed by atoms with E-state index in [0.717, 1.165) is 5.82 Å². The van der Waals surface area contributed by atoms with Crippen LogP contribution in [0.1, 0.15) is 13.8 Å². The summed E-state index contributed by atoms with van der Waals surface area (Å²) in [5, 5.41) is 10.9. The van der Waals surface area contributed by atoms with Crippen LogP contribution in [0, 0.1) is 0 Å². The van der Waals surface area contributed by atoms with E-state index < -0.39 is 0 Å². The van der Waals surface area contributed by atoms with Crippen molar-refractivity contribution in [2.45, 2.75) is 26.0 Å². The molecule has 13 heavy (non-hydrogen) atoms. The van der Waals surface area contributed by atoms with E-state index in [2.05, 4.69) is 15.5 Å². The number of hydrogen-bond donors (Lipinski definition) is 1. The van der Waals surface area contributed by atoms with Crippen LogP contribution in [-0.2, 0) is 4.74 Å². The van der Waals surface area contributed by atoms with Gasteiger partial charge in [0, 0.05) is 13.3 Å². The molecule has 0 saturated heterocycles. The fourth-order valence-electron chi connectivity index (χ4n) is 0.933. The molecule has 1 rings (SSSR count). The van der Waals surface area contributed by atoms with Crippen LogP contribution in [0.15, 0.2) is 18.3 Å². The molecule has 0 saturated carbocycles. The van der Waals surface area contributed by atoms with E-state index in [9.17, 15) is 0 Å². The molecule has 4 nitrogen and oxygen atoms in total. The summed E-state index contributed by atoms with van der Waals surface area (Å²) in [6.07, 6.45) is 1.80. The summed E-state index contributed by atoms with van der Waals surface area (Å²) in [5.41, 5.74) is 0. The van der Waals surface area contributed by atoms with Crippen molar-refractivity contribution >= 4 is 5.82 Å². The molecule has 4 heteroatoms. The maximum absolute atomic E-state index is 5.17. The molecular formula is C9H15N3O. The first-order chi connectivity index (χ1) is 6.24. The Labute approximate surface area is 78.3 Å². The van der Waals surface area contributed by atoms with E-state index in [0.29, 0.717) is 0 Å². The summed E-state index contributed by atoms with van der Waals surface area (Å²) in [7, 11) is 1.69. The van der Waals surface area contributed by atoms with Crippen LogP contribution in [-0.4, -0.2) is 29.5 Å². The van der Waals surface area contributed by atoms with E-state index >= 15 is 0 Å². The van der Waals surface area contributed by atoms with Gasteiger partial charge in [-0.3, -0.25) is 0 Å². The molecule has 1 N–H and O–H groups in total. The van der Waals surface area contributed by atoms with E-state index in [1.165, 1.54) is 0 Å². The van der Waals surface area contributed by atoms with Crippen LogP contribution >= 0.6 is 0 Å². The number of anilines is 1. The first-order valence-corrected chi connectivity index (χ1v) is 4.31. The van der Waals surface area contributed by atoms with Gasteiger partial charge in [-0.25, -0.2) is 0 Å². The summed E-state index contributed by atoms with van der Waals surface area (Å²) in [5.74, 6) is 0.777. The minimum Gasteiger partial charge on any atom is -0.380 e. The zero-order valence-electron chi connectivity index (χ0n) is 8.19. The predicted molar refractivity (Wildman–Crippen MR) is 51.6 cm³/mol. The van der Waals surface area contributed by atoms with Crippen LogP contribution < -0.4 is 5.32 Å². The Morgan fingerprint density at radius 3 is 2.77 bits per heavy atom. The standard InChI is InChI=1S/C9H15N3O/c1-7(8(2)13-3)11-9-5-4-6-10-12-9/h4-8H,1-3H3,(H,11,12)/t7-,8?/m1/s1. The summed E-state index contributed by atoms with van der Waals surface area (Å²) in [4.78, 5) is 0. The lowest BCUT2D eigenvalue weighted by Gasteiger charge is -2.19. The highest BCUT2D eigenvalue weighted by molar-refractivity contribution is 5.32. The van der Waals surface area contributed by atoms with Gasteiger partial charge in [-0.15, -0.1) is 5.10 Å². The van der Waals surface area contributed by atoms with Crippen molar-refractivity contribution in [2.75, 3.05) is 12.4 Å². The highest BCUT2D eigenvalue weighted by atomic mass is 16.5. The first kappa shape index (κ1) is 9.92. The molecule has 0 aromatic carbocycles. The molecule has 1 heterocycles. The molecule has 0 fully saturated rings. The molecule has 72 valence electrons. The van der Waals surface area contributed by atoms with Crippen molar-refractivity contribution in [2.24, 2.45) is 0 Å². The van der Waals surface area contributed by atoms with Gasteiger partial charge in [0.25, 0.3) is 0 Å². The number of nitrogens with zero attached hydrogens (tertiary/aromatic N) is 2. The third-order valence-electron chi connectivity index (χ3n) is 2.02. The number of nitrogens with one attached hydrogen (secondary N) is 1. The zero-order valence-corrected chi connectivity index (χ0v) is 8.19. The number of ether oxygens (including phenoxy) is 1. The van der Waals surface area contributed by atoms with Crippen molar-refractivity contribution in [3.8, 4) is 0 Å². The highest BCUT2D eigenvalue weighted by Crippen LogP contribution is 2.05. The van der Waals surface area contributed by atoms with Gasteiger partial charge in [0.05, 0.1) is 12.1 Å². The molecule has 1 aromatic heterocycles. The van der Waals surface area contributed by atoms with Crippen molar-refractivity contribution in [1.82, 2.24) is 10.2 Å². The van der Waals surface area contributed by atoms with Crippen LogP contribution in [0.5, 0.6) is 0 Å². The molecule has 0 aliphatic heterocycles. The van der Waals surface area contributed by atoms with E-state index in [1.54, 1.807) is 13.3 Å². The maximum Gasteiger partial charge on any atom is 0.148 e. The zero-order chi connectivity index (χ0) is 9.68. The number of hydrogen-bond acceptors (Lipinski definition) is 4. The Hall–Kier alpha value is -1.16. The smallest absolute Gasteiger partial charge is 0.148 e. The Balaban J connectivity index is 2.50. The van der Waals surface area contributed by atoms with Gasteiger partial charge in [0.1, 0.15) is 5.82 Å². The minimum atomic E-state index is 0.155. The molecule has 2 atom stereocenters. The summed E-state index contributed by atoms with van der Waals surface area (Å²) < 4.78 is 5.17. The molecule has 0 spiro atoms. The lowest BCUT2D eigenvalue weighted by Crippen LogP contribution is -2.30. The van der Waals surface area contributed by atoms with Gasteiger partial charge in [-0.1, -0.05) is 0 Å². The topological polar surface area (TPSA) is 47.0 Å². The van der Waals surface area contributed by atoms with Crippen molar-refractivity contribution in [3.63, 3.8) is 0 Å². The molecule has 0 radical (unpaired) electrons. The average molecular weight is 181 g/mol. The van der Waals surface area contributed by atoms with Gasteiger partial charge in [-0.2, -0.15) is 5.10 Å². The second kappa shape index (κ2) is 4.77. The molecular weight excluding hydrogens is 166 g/mol. The van der Waals surface area contributed by atoms with Crippen LogP contribution in [0.2, 0.25) is 0 Å². The fraction of sp³-hybridized carbons (Fsp3) is 0.556. The first-order valence-electron chi connectivity index (χ1n) is 4.31. The molecule has 0 aliphatic carbocycles. The lowest BCUT2D eigenvalue weighted by molar-refractivity contribution is 0.106. The van der Waals surface area contributed by atoms with Gasteiger partial charge in [-0.05, 0) is 26.0 Å². The normalized spacial score (nSPS) is 15.0.